The fourth-order valence-electron chi connectivity index (χ4n) is 2.13. The van der Waals surface area contributed by atoms with Gasteiger partial charge in [-0.3, -0.25) is 0 Å². The number of nitrogens with one attached hydrogen (secondary N) is 1. The Morgan fingerprint density at radius 3 is 3.07 bits per heavy atom. The van der Waals surface area contributed by atoms with Crippen LogP contribution in [0.15, 0.2) is 18.2 Å². The van der Waals surface area contributed by atoms with E-state index in [4.69, 9.17) is 4.74 Å². The third-order valence-electron chi connectivity index (χ3n) is 2.94. The number of phenolic OH excluding ortho intramolecular Hbond substituents is 1. The van der Waals surface area contributed by atoms with Gasteiger partial charge in [0.2, 0.25) is 0 Å². The van der Waals surface area contributed by atoms with E-state index in [2.05, 4.69) is 5.32 Å². The van der Waals surface area contributed by atoms with Crippen molar-refractivity contribution < 1.29 is 9.84 Å². The molecule has 82 valence electrons. The lowest BCUT2D eigenvalue weighted by Crippen LogP contribution is -2.23. The number of hydrogen-bond acceptors (Lipinski definition) is 3. The molecule has 2 N–H and O–H groups in total. The van der Waals surface area contributed by atoms with E-state index in [1.807, 2.05) is 6.07 Å². The average molecular weight is 207 g/mol. The van der Waals surface area contributed by atoms with E-state index in [0.717, 1.165) is 24.3 Å². The lowest BCUT2D eigenvalue weighted by Gasteiger charge is -2.14. The van der Waals surface area contributed by atoms with Crippen LogP contribution in [0.2, 0.25) is 0 Å². The molecule has 3 nitrogen and oxygen atoms in total. The molecule has 2 rings (SSSR count). The van der Waals surface area contributed by atoms with Crippen molar-refractivity contribution in [3.63, 3.8) is 0 Å². The molecule has 1 aromatic carbocycles. The first-order chi connectivity index (χ1) is 7.31. The minimum Gasteiger partial charge on any atom is -0.508 e. The van der Waals surface area contributed by atoms with Crippen molar-refractivity contribution in [1.82, 2.24) is 5.32 Å². The monoisotopic (exact) mass is 207 g/mol. The minimum atomic E-state index is 0.336. The molecule has 1 heterocycles. The highest BCUT2D eigenvalue weighted by Crippen LogP contribution is 2.29. The molecule has 0 amide bonds. The van der Waals surface area contributed by atoms with E-state index in [1.165, 1.54) is 12.8 Å². The maximum atomic E-state index is 9.78. The van der Waals surface area contributed by atoms with Gasteiger partial charge in [-0.1, -0.05) is 6.07 Å². The first-order valence-corrected chi connectivity index (χ1v) is 5.39. The van der Waals surface area contributed by atoms with Gasteiger partial charge in [0.1, 0.15) is 11.5 Å². The smallest absolute Gasteiger partial charge is 0.125 e. The predicted molar refractivity (Wildman–Crippen MR) is 59.4 cm³/mol. The number of hydrogen-bond donors (Lipinski definition) is 2. The molecule has 1 fully saturated rings. The molecule has 1 aliphatic heterocycles. The van der Waals surface area contributed by atoms with Crippen LogP contribution >= 0.6 is 0 Å². The van der Waals surface area contributed by atoms with Crippen molar-refractivity contribution in [2.75, 3.05) is 13.7 Å². The molecule has 1 aliphatic rings. The Morgan fingerprint density at radius 2 is 2.40 bits per heavy atom. The third kappa shape index (κ3) is 2.23. The van der Waals surface area contributed by atoms with Gasteiger partial charge in [0, 0.05) is 11.6 Å². The number of ether oxygens (including phenoxy) is 1. The van der Waals surface area contributed by atoms with Crippen molar-refractivity contribution >= 4 is 0 Å². The van der Waals surface area contributed by atoms with Gasteiger partial charge in [-0.05, 0) is 37.9 Å². The maximum Gasteiger partial charge on any atom is 0.125 e. The van der Waals surface area contributed by atoms with Gasteiger partial charge in [-0.15, -0.1) is 0 Å². The maximum absolute atomic E-state index is 9.78. The SMILES string of the molecule is COc1cccc(O)c1CC1CCCN1. The lowest BCUT2D eigenvalue weighted by atomic mass is 10.0. The molecule has 0 aliphatic carbocycles. The molecule has 1 saturated heterocycles. The molecule has 0 saturated carbocycles. The second-order valence-electron chi connectivity index (χ2n) is 3.96. The van der Waals surface area contributed by atoms with Crippen LogP contribution in [-0.2, 0) is 6.42 Å². The van der Waals surface area contributed by atoms with Gasteiger partial charge < -0.3 is 15.2 Å². The zero-order valence-corrected chi connectivity index (χ0v) is 8.99. The normalized spacial score (nSPS) is 20.5. The highest BCUT2D eigenvalue weighted by Gasteiger charge is 2.18. The number of aromatic hydroxyl groups is 1. The fraction of sp³-hybridized carbons (Fsp3) is 0.500. The Bertz CT molecular complexity index is 332. The summed E-state index contributed by atoms with van der Waals surface area (Å²) in [6, 6.07) is 5.89. The van der Waals surface area contributed by atoms with Crippen LogP contribution in [0.4, 0.5) is 0 Å². The second-order valence-corrected chi connectivity index (χ2v) is 3.96. The second kappa shape index (κ2) is 4.53. The van der Waals surface area contributed by atoms with Crippen molar-refractivity contribution in [1.29, 1.82) is 0 Å². The van der Waals surface area contributed by atoms with E-state index in [9.17, 15) is 5.11 Å². The summed E-state index contributed by atoms with van der Waals surface area (Å²) in [4.78, 5) is 0. The summed E-state index contributed by atoms with van der Waals surface area (Å²) in [6.45, 7) is 1.08. The average Bonchev–Trinajstić information content (AvgIpc) is 2.74. The molecular formula is C12H17NO2. The topological polar surface area (TPSA) is 41.5 Å². The summed E-state index contributed by atoms with van der Waals surface area (Å²) >= 11 is 0. The van der Waals surface area contributed by atoms with Gasteiger partial charge >= 0.3 is 0 Å². The number of rotatable bonds is 3. The van der Waals surface area contributed by atoms with Crippen molar-refractivity contribution in [2.24, 2.45) is 0 Å². The molecular weight excluding hydrogens is 190 g/mol. The molecule has 0 radical (unpaired) electrons. The highest BCUT2D eigenvalue weighted by atomic mass is 16.5. The molecule has 3 heteroatoms. The van der Waals surface area contributed by atoms with Crippen LogP contribution in [0.3, 0.4) is 0 Å². The number of phenols is 1. The summed E-state index contributed by atoms with van der Waals surface area (Å²) in [6.07, 6.45) is 3.24. The molecule has 15 heavy (non-hydrogen) atoms. The third-order valence-corrected chi connectivity index (χ3v) is 2.94. The van der Waals surface area contributed by atoms with Crippen molar-refractivity contribution in [3.05, 3.63) is 23.8 Å². The molecule has 1 unspecified atom stereocenters. The van der Waals surface area contributed by atoms with Gasteiger partial charge in [-0.25, -0.2) is 0 Å². The highest BCUT2D eigenvalue weighted by molar-refractivity contribution is 5.44. The van der Waals surface area contributed by atoms with Gasteiger partial charge in [0.25, 0.3) is 0 Å². The Balaban J connectivity index is 2.17. The zero-order valence-electron chi connectivity index (χ0n) is 8.99. The quantitative estimate of drug-likeness (QED) is 0.792. The summed E-state index contributed by atoms with van der Waals surface area (Å²) in [5, 5.41) is 13.2. The van der Waals surface area contributed by atoms with Crippen LogP contribution in [0, 0.1) is 0 Å². The molecule has 0 aromatic heterocycles. The van der Waals surface area contributed by atoms with Crippen molar-refractivity contribution in [2.45, 2.75) is 25.3 Å². The van der Waals surface area contributed by atoms with E-state index in [-0.39, 0.29) is 0 Å². The standard InChI is InChI=1S/C12H17NO2/c1-15-12-6-2-5-11(14)10(12)8-9-4-3-7-13-9/h2,5-6,9,13-14H,3-4,7-8H2,1H3. The van der Waals surface area contributed by atoms with Crippen LogP contribution in [-0.4, -0.2) is 24.8 Å². The van der Waals surface area contributed by atoms with Crippen LogP contribution < -0.4 is 10.1 Å². The minimum absolute atomic E-state index is 0.336. The summed E-state index contributed by atoms with van der Waals surface area (Å²) < 4.78 is 5.25. The molecule has 1 aromatic rings. The largest absolute Gasteiger partial charge is 0.508 e. The Morgan fingerprint density at radius 1 is 1.53 bits per heavy atom. The summed E-state index contributed by atoms with van der Waals surface area (Å²) in [5.74, 6) is 1.12. The van der Waals surface area contributed by atoms with Crippen LogP contribution in [0.1, 0.15) is 18.4 Å². The molecule has 0 bridgehead atoms. The van der Waals surface area contributed by atoms with Gasteiger partial charge in [0.05, 0.1) is 7.11 Å². The summed E-state index contributed by atoms with van der Waals surface area (Å²) in [5.41, 5.74) is 0.916. The first-order valence-electron chi connectivity index (χ1n) is 5.39. The first kappa shape index (κ1) is 10.3. The summed E-state index contributed by atoms with van der Waals surface area (Å²) in [7, 11) is 1.64. The fourth-order valence-corrected chi connectivity index (χ4v) is 2.13. The number of benzene rings is 1. The Hall–Kier alpha value is -1.22. The van der Waals surface area contributed by atoms with E-state index < -0.39 is 0 Å². The van der Waals surface area contributed by atoms with E-state index in [1.54, 1.807) is 19.2 Å². The molecule has 0 spiro atoms. The predicted octanol–water partition coefficient (Wildman–Crippen LogP) is 1.70. The Kier molecular flexibility index (Phi) is 3.11. The Labute approximate surface area is 90.1 Å². The van der Waals surface area contributed by atoms with Gasteiger partial charge in [0.15, 0.2) is 0 Å². The molecule has 1 atom stereocenters. The van der Waals surface area contributed by atoms with Crippen LogP contribution in [0.25, 0.3) is 0 Å². The van der Waals surface area contributed by atoms with Crippen LogP contribution in [0.5, 0.6) is 11.5 Å². The lowest BCUT2D eigenvalue weighted by molar-refractivity contribution is 0.395. The zero-order chi connectivity index (χ0) is 10.7. The van der Waals surface area contributed by atoms with Crippen molar-refractivity contribution in [3.8, 4) is 11.5 Å². The van der Waals surface area contributed by atoms with E-state index >= 15 is 0 Å². The number of methoxy groups -OCH3 is 1. The van der Waals surface area contributed by atoms with E-state index in [0.29, 0.717) is 11.8 Å². The van der Waals surface area contributed by atoms with Gasteiger partial charge in [-0.2, -0.15) is 0 Å².